The van der Waals surface area contributed by atoms with Gasteiger partial charge >= 0.3 is 6.18 Å². The third kappa shape index (κ3) is 10.0. The van der Waals surface area contributed by atoms with E-state index in [1.54, 1.807) is 0 Å². The van der Waals surface area contributed by atoms with Crippen LogP contribution >= 0.6 is 0 Å². The van der Waals surface area contributed by atoms with Crippen molar-refractivity contribution >= 4 is 5.91 Å². The van der Waals surface area contributed by atoms with Crippen LogP contribution in [0.15, 0.2) is 0 Å². The molecule has 0 radical (unpaired) electrons. The summed E-state index contributed by atoms with van der Waals surface area (Å²) in [6, 6.07) is 0. The van der Waals surface area contributed by atoms with Gasteiger partial charge in [0.05, 0.1) is 6.54 Å². The number of hydrogen-bond donors (Lipinski definition) is 0. The summed E-state index contributed by atoms with van der Waals surface area (Å²) in [7, 11) is 0. The molecule has 1 heterocycles. The molecule has 0 spiro atoms. The van der Waals surface area contributed by atoms with E-state index in [0.29, 0.717) is 5.41 Å². The maximum absolute atomic E-state index is 12.7. The summed E-state index contributed by atoms with van der Waals surface area (Å²) < 4.78 is 38.1. The Balaban J connectivity index is 2.45. The van der Waals surface area contributed by atoms with Crippen LogP contribution < -0.4 is 0 Å². The summed E-state index contributed by atoms with van der Waals surface area (Å²) in [6.45, 7) is 13.6. The first-order chi connectivity index (χ1) is 11.4. The van der Waals surface area contributed by atoms with Gasteiger partial charge in [0.15, 0.2) is 0 Å². The van der Waals surface area contributed by atoms with Crippen molar-refractivity contribution in [2.45, 2.75) is 47.2 Å². The molecule has 25 heavy (non-hydrogen) atoms. The molecule has 1 fully saturated rings. The van der Waals surface area contributed by atoms with Gasteiger partial charge in [-0.25, -0.2) is 0 Å². The number of halogens is 3. The maximum Gasteiger partial charge on any atom is 0.406 e. The highest BCUT2D eigenvalue weighted by atomic mass is 19.4. The summed E-state index contributed by atoms with van der Waals surface area (Å²) in [5, 5.41) is 0. The lowest BCUT2D eigenvalue weighted by molar-refractivity contribution is -0.163. The van der Waals surface area contributed by atoms with Crippen LogP contribution in [0.2, 0.25) is 0 Å². The second kappa shape index (κ2) is 9.21. The van der Waals surface area contributed by atoms with Crippen molar-refractivity contribution in [1.82, 2.24) is 14.7 Å². The predicted octanol–water partition coefficient (Wildman–Crippen LogP) is 3.09. The Morgan fingerprint density at radius 3 is 2.00 bits per heavy atom. The maximum atomic E-state index is 12.7. The lowest BCUT2D eigenvalue weighted by Crippen LogP contribution is -2.51. The third-order valence-corrected chi connectivity index (χ3v) is 4.31. The second-order valence-corrected chi connectivity index (χ2v) is 8.71. The van der Waals surface area contributed by atoms with Crippen LogP contribution in [0.5, 0.6) is 0 Å². The molecular formula is C18H34F3N3O. The van der Waals surface area contributed by atoms with E-state index >= 15 is 0 Å². The van der Waals surface area contributed by atoms with Crippen molar-refractivity contribution in [3.05, 3.63) is 0 Å². The van der Waals surface area contributed by atoms with E-state index in [-0.39, 0.29) is 19.0 Å². The minimum Gasteiger partial charge on any atom is -0.332 e. The van der Waals surface area contributed by atoms with Crippen molar-refractivity contribution in [2.24, 2.45) is 11.3 Å². The first-order valence-corrected chi connectivity index (χ1v) is 9.15. The van der Waals surface area contributed by atoms with E-state index in [1.165, 1.54) is 0 Å². The molecular weight excluding hydrogens is 331 g/mol. The van der Waals surface area contributed by atoms with Crippen LogP contribution in [0.1, 0.15) is 41.0 Å². The van der Waals surface area contributed by atoms with Gasteiger partial charge in [-0.1, -0.05) is 34.6 Å². The summed E-state index contributed by atoms with van der Waals surface area (Å²) in [4.78, 5) is 17.6. The number of carbonyl (C=O) groups excluding carboxylic acids is 1. The largest absolute Gasteiger partial charge is 0.406 e. The Bertz CT molecular complexity index is 411. The van der Waals surface area contributed by atoms with E-state index < -0.39 is 18.6 Å². The molecule has 0 unspecified atom stereocenters. The minimum atomic E-state index is -4.35. The molecule has 4 nitrogen and oxygen atoms in total. The van der Waals surface area contributed by atoms with Crippen LogP contribution in [0, 0.1) is 11.3 Å². The molecule has 1 aliphatic heterocycles. The SMILES string of the molecule is CC(C)CN(CC(F)(F)F)C(=O)CN1CCN(CCC(C)(C)C)CC1. The van der Waals surface area contributed by atoms with Gasteiger partial charge in [-0.3, -0.25) is 9.69 Å². The number of rotatable bonds is 7. The van der Waals surface area contributed by atoms with Crippen LogP contribution in [-0.4, -0.2) is 79.1 Å². The molecule has 1 saturated heterocycles. The lowest BCUT2D eigenvalue weighted by atomic mass is 9.92. The Morgan fingerprint density at radius 1 is 1.04 bits per heavy atom. The summed E-state index contributed by atoms with van der Waals surface area (Å²) in [5.74, 6) is -0.408. The number of alkyl halides is 3. The van der Waals surface area contributed by atoms with Crippen LogP contribution in [0.4, 0.5) is 13.2 Å². The van der Waals surface area contributed by atoms with Gasteiger partial charge in [-0.15, -0.1) is 0 Å². The van der Waals surface area contributed by atoms with Gasteiger partial charge in [-0.05, 0) is 24.3 Å². The van der Waals surface area contributed by atoms with Gasteiger partial charge < -0.3 is 9.80 Å². The van der Waals surface area contributed by atoms with Crippen molar-refractivity contribution in [1.29, 1.82) is 0 Å². The third-order valence-electron chi connectivity index (χ3n) is 4.31. The fourth-order valence-corrected chi connectivity index (χ4v) is 2.87. The molecule has 0 bridgehead atoms. The summed E-state index contributed by atoms with van der Waals surface area (Å²) in [5.41, 5.74) is 0.294. The van der Waals surface area contributed by atoms with E-state index in [2.05, 4.69) is 25.7 Å². The number of hydrogen-bond acceptors (Lipinski definition) is 3. The average Bonchev–Trinajstić information content (AvgIpc) is 2.43. The second-order valence-electron chi connectivity index (χ2n) is 8.71. The molecule has 0 aliphatic carbocycles. The summed E-state index contributed by atoms with van der Waals surface area (Å²) in [6.07, 6.45) is -3.24. The fourth-order valence-electron chi connectivity index (χ4n) is 2.87. The first kappa shape index (κ1) is 22.2. The highest BCUT2D eigenvalue weighted by Crippen LogP contribution is 2.20. The van der Waals surface area contributed by atoms with Crippen molar-refractivity contribution in [3.8, 4) is 0 Å². The van der Waals surface area contributed by atoms with Crippen LogP contribution in [0.25, 0.3) is 0 Å². The zero-order valence-electron chi connectivity index (χ0n) is 16.3. The molecule has 0 saturated carbocycles. The highest BCUT2D eigenvalue weighted by Gasteiger charge is 2.34. The summed E-state index contributed by atoms with van der Waals surface area (Å²) >= 11 is 0. The molecule has 148 valence electrons. The number of nitrogens with zero attached hydrogens (tertiary/aromatic N) is 3. The predicted molar refractivity (Wildman–Crippen MR) is 94.4 cm³/mol. The van der Waals surface area contributed by atoms with Gasteiger partial charge in [0.2, 0.25) is 5.91 Å². The molecule has 0 aromatic carbocycles. The quantitative estimate of drug-likeness (QED) is 0.694. The van der Waals surface area contributed by atoms with Crippen molar-refractivity contribution < 1.29 is 18.0 Å². The highest BCUT2D eigenvalue weighted by molar-refractivity contribution is 5.78. The molecule has 0 N–H and O–H groups in total. The first-order valence-electron chi connectivity index (χ1n) is 9.15. The molecule has 1 amide bonds. The topological polar surface area (TPSA) is 26.8 Å². The van der Waals surface area contributed by atoms with E-state index in [9.17, 15) is 18.0 Å². The Hall–Kier alpha value is -0.820. The smallest absolute Gasteiger partial charge is 0.332 e. The van der Waals surface area contributed by atoms with Gasteiger partial charge in [0.1, 0.15) is 6.54 Å². The number of carbonyl (C=O) groups is 1. The zero-order chi connectivity index (χ0) is 19.3. The monoisotopic (exact) mass is 365 g/mol. The van der Waals surface area contributed by atoms with Gasteiger partial charge in [-0.2, -0.15) is 13.2 Å². The van der Waals surface area contributed by atoms with Crippen molar-refractivity contribution in [2.75, 3.05) is 52.4 Å². The number of amides is 1. The molecule has 0 aromatic rings. The van der Waals surface area contributed by atoms with E-state index in [0.717, 1.165) is 44.0 Å². The zero-order valence-corrected chi connectivity index (χ0v) is 16.3. The molecule has 0 aromatic heterocycles. The molecule has 0 atom stereocenters. The van der Waals surface area contributed by atoms with Crippen molar-refractivity contribution in [3.63, 3.8) is 0 Å². The molecule has 7 heteroatoms. The number of piperazine rings is 1. The van der Waals surface area contributed by atoms with Gasteiger partial charge in [0, 0.05) is 32.7 Å². The normalized spacial score (nSPS) is 18.0. The van der Waals surface area contributed by atoms with Crippen LogP contribution in [0.3, 0.4) is 0 Å². The lowest BCUT2D eigenvalue weighted by Gasteiger charge is -2.36. The van der Waals surface area contributed by atoms with Crippen LogP contribution in [-0.2, 0) is 4.79 Å². The minimum absolute atomic E-state index is 0.0144. The fraction of sp³-hybridized carbons (Fsp3) is 0.944. The Morgan fingerprint density at radius 2 is 1.56 bits per heavy atom. The Labute approximate surface area is 150 Å². The molecule has 1 aliphatic rings. The standard InChI is InChI=1S/C18H34F3N3O/c1-15(2)12-24(14-18(19,20)21)16(25)13-23-10-8-22(9-11-23)7-6-17(3,4)5/h15H,6-14H2,1-5H3. The Kier molecular flexibility index (Phi) is 8.19. The van der Waals surface area contributed by atoms with E-state index in [4.69, 9.17) is 0 Å². The van der Waals surface area contributed by atoms with E-state index in [1.807, 2.05) is 18.7 Å². The average molecular weight is 365 g/mol. The molecule has 1 rings (SSSR count). The van der Waals surface area contributed by atoms with Gasteiger partial charge in [0.25, 0.3) is 0 Å².